The van der Waals surface area contributed by atoms with Crippen LogP contribution in [0, 0.1) is 13.8 Å². The topological polar surface area (TPSA) is 73.0 Å². The van der Waals surface area contributed by atoms with Gasteiger partial charge in [0.25, 0.3) is 0 Å². The molecule has 2 heterocycles. The summed E-state index contributed by atoms with van der Waals surface area (Å²) in [4.78, 5) is 0.285. The molecule has 0 saturated heterocycles. The van der Waals surface area contributed by atoms with Crippen LogP contribution >= 0.6 is 15.9 Å². The number of hydrogen-bond donors (Lipinski definition) is 0. The van der Waals surface area contributed by atoms with Crippen LogP contribution in [0.5, 0.6) is 0 Å². The first-order valence-electron chi connectivity index (χ1n) is 7.44. The normalized spacial score (nSPS) is 12.3. The van der Waals surface area contributed by atoms with E-state index in [1.165, 1.54) is 4.31 Å². The predicted molar refractivity (Wildman–Crippen MR) is 91.6 cm³/mol. The third kappa shape index (κ3) is 3.36. The van der Waals surface area contributed by atoms with Crippen molar-refractivity contribution < 1.29 is 8.42 Å². The van der Waals surface area contributed by atoms with Crippen LogP contribution in [-0.4, -0.2) is 39.3 Å². The summed E-state index contributed by atoms with van der Waals surface area (Å²) in [7, 11) is -2.06. The fraction of sp³-hybridized carbons (Fsp3) is 0.571. The van der Waals surface area contributed by atoms with Crippen molar-refractivity contribution in [2.45, 2.75) is 52.2 Å². The Hall–Kier alpha value is -1.19. The minimum Gasteiger partial charge on any atom is -0.272 e. The number of hydrogen-bond acceptors (Lipinski definition) is 4. The Balaban J connectivity index is 2.36. The van der Waals surface area contributed by atoms with Gasteiger partial charge in [0.05, 0.1) is 28.1 Å². The smallest absolute Gasteiger partial charge is 0.246 e. The van der Waals surface area contributed by atoms with Crippen molar-refractivity contribution in [3.8, 4) is 0 Å². The highest BCUT2D eigenvalue weighted by Gasteiger charge is 2.29. The van der Waals surface area contributed by atoms with Gasteiger partial charge in [-0.3, -0.25) is 9.36 Å². The van der Waals surface area contributed by atoms with E-state index in [4.69, 9.17) is 0 Å². The second-order valence-corrected chi connectivity index (χ2v) is 8.19. The number of nitrogens with zero attached hydrogens (tertiary/aromatic N) is 5. The van der Waals surface area contributed by atoms with Gasteiger partial charge < -0.3 is 0 Å². The zero-order valence-corrected chi connectivity index (χ0v) is 16.4. The second-order valence-electron chi connectivity index (χ2n) is 5.36. The SMILES string of the molecule is CCn1cc(Br)c(CN(C)S(=O)(=O)c2c(C)nn(CC)c2C)n1. The molecule has 9 heteroatoms. The molecule has 0 radical (unpaired) electrons. The number of rotatable bonds is 6. The third-order valence-corrected chi connectivity index (χ3v) is 6.49. The van der Waals surface area contributed by atoms with Crippen molar-refractivity contribution in [3.63, 3.8) is 0 Å². The molecule has 23 heavy (non-hydrogen) atoms. The summed E-state index contributed by atoms with van der Waals surface area (Å²) in [5, 5.41) is 8.69. The molecule has 0 aromatic carbocycles. The molecular formula is C14H22BrN5O2S. The maximum absolute atomic E-state index is 12.9. The third-order valence-electron chi connectivity index (χ3n) is 3.77. The lowest BCUT2D eigenvalue weighted by atomic mass is 10.4. The minimum absolute atomic E-state index is 0.200. The van der Waals surface area contributed by atoms with Gasteiger partial charge in [-0.2, -0.15) is 14.5 Å². The molecule has 0 fully saturated rings. The fourth-order valence-electron chi connectivity index (χ4n) is 2.52. The summed E-state index contributed by atoms with van der Waals surface area (Å²) in [6.07, 6.45) is 1.85. The van der Waals surface area contributed by atoms with Crippen LogP contribution in [0.25, 0.3) is 0 Å². The Labute approximate surface area is 145 Å². The maximum atomic E-state index is 12.9. The highest BCUT2D eigenvalue weighted by atomic mass is 79.9. The highest BCUT2D eigenvalue weighted by molar-refractivity contribution is 9.10. The lowest BCUT2D eigenvalue weighted by molar-refractivity contribution is 0.457. The van der Waals surface area contributed by atoms with E-state index >= 15 is 0 Å². The van der Waals surface area contributed by atoms with E-state index < -0.39 is 10.0 Å². The van der Waals surface area contributed by atoms with Gasteiger partial charge in [-0.05, 0) is 43.6 Å². The summed E-state index contributed by atoms with van der Waals surface area (Å²) in [6, 6.07) is 0. The number of sulfonamides is 1. The van der Waals surface area contributed by atoms with Crippen molar-refractivity contribution in [1.82, 2.24) is 23.9 Å². The molecule has 2 aromatic heterocycles. The Kier molecular flexibility index (Phi) is 5.32. The van der Waals surface area contributed by atoms with Crippen LogP contribution in [0.2, 0.25) is 0 Å². The summed E-state index contributed by atoms with van der Waals surface area (Å²) >= 11 is 3.43. The molecule has 0 aliphatic carbocycles. The van der Waals surface area contributed by atoms with Crippen molar-refractivity contribution in [2.24, 2.45) is 0 Å². The zero-order chi connectivity index (χ0) is 17.4. The Morgan fingerprint density at radius 3 is 2.35 bits per heavy atom. The predicted octanol–water partition coefficient (Wildman–Crippen LogP) is 2.32. The van der Waals surface area contributed by atoms with Gasteiger partial charge in [-0.25, -0.2) is 8.42 Å². The largest absolute Gasteiger partial charge is 0.272 e. The van der Waals surface area contributed by atoms with Gasteiger partial charge in [0.2, 0.25) is 10.0 Å². The van der Waals surface area contributed by atoms with Crippen molar-refractivity contribution in [2.75, 3.05) is 7.05 Å². The summed E-state index contributed by atoms with van der Waals surface area (Å²) in [5.74, 6) is 0. The van der Waals surface area contributed by atoms with Crippen molar-refractivity contribution in [1.29, 1.82) is 0 Å². The van der Waals surface area contributed by atoms with E-state index in [0.717, 1.165) is 11.0 Å². The number of aromatic nitrogens is 4. The first kappa shape index (κ1) is 18.2. The van der Waals surface area contributed by atoms with Crippen molar-refractivity contribution in [3.05, 3.63) is 27.8 Å². The average molecular weight is 404 g/mol. The first-order valence-corrected chi connectivity index (χ1v) is 9.67. The van der Waals surface area contributed by atoms with Crippen LogP contribution in [0.4, 0.5) is 0 Å². The Morgan fingerprint density at radius 2 is 1.87 bits per heavy atom. The van der Waals surface area contributed by atoms with Gasteiger partial charge in [0.15, 0.2) is 0 Å². The van der Waals surface area contributed by atoms with E-state index in [1.54, 1.807) is 30.3 Å². The van der Waals surface area contributed by atoms with E-state index in [9.17, 15) is 8.42 Å². The first-order chi connectivity index (χ1) is 10.7. The highest BCUT2D eigenvalue weighted by Crippen LogP contribution is 2.25. The molecule has 0 unspecified atom stereocenters. The molecule has 0 N–H and O–H groups in total. The average Bonchev–Trinajstić information content (AvgIpc) is 2.98. The molecule has 128 valence electrons. The zero-order valence-electron chi connectivity index (χ0n) is 14.0. The van der Waals surface area contributed by atoms with Gasteiger partial charge >= 0.3 is 0 Å². The van der Waals surface area contributed by atoms with Gasteiger partial charge in [-0.1, -0.05) is 0 Å². The fourth-order valence-corrected chi connectivity index (χ4v) is 4.46. The lowest BCUT2D eigenvalue weighted by Crippen LogP contribution is -2.28. The molecule has 0 aliphatic rings. The molecule has 0 bridgehead atoms. The van der Waals surface area contributed by atoms with E-state index in [0.29, 0.717) is 23.6 Å². The second kappa shape index (κ2) is 6.74. The molecule has 7 nitrogen and oxygen atoms in total. The molecule has 0 saturated carbocycles. The van der Waals surface area contributed by atoms with Crippen LogP contribution in [0.15, 0.2) is 15.6 Å². The van der Waals surface area contributed by atoms with Gasteiger partial charge in [0.1, 0.15) is 4.90 Å². The van der Waals surface area contributed by atoms with Crippen LogP contribution in [-0.2, 0) is 29.7 Å². The molecule has 0 atom stereocenters. The summed E-state index contributed by atoms with van der Waals surface area (Å²) in [6.45, 7) is 9.00. The van der Waals surface area contributed by atoms with Gasteiger partial charge in [-0.15, -0.1) is 0 Å². The Bertz CT molecular complexity index is 809. The van der Waals surface area contributed by atoms with Gasteiger partial charge in [0, 0.05) is 26.3 Å². The molecule has 0 spiro atoms. The Morgan fingerprint density at radius 1 is 1.22 bits per heavy atom. The monoisotopic (exact) mass is 403 g/mol. The van der Waals surface area contributed by atoms with E-state index in [1.807, 2.05) is 20.0 Å². The summed E-state index contributed by atoms with van der Waals surface area (Å²) in [5.41, 5.74) is 1.88. The minimum atomic E-state index is -3.62. The van der Waals surface area contributed by atoms with Crippen LogP contribution < -0.4 is 0 Å². The summed E-state index contributed by atoms with van der Waals surface area (Å²) < 4.78 is 31.4. The van der Waals surface area contributed by atoms with E-state index in [2.05, 4.69) is 26.1 Å². The molecular weight excluding hydrogens is 382 g/mol. The maximum Gasteiger partial charge on any atom is 0.246 e. The van der Waals surface area contributed by atoms with E-state index in [-0.39, 0.29) is 11.4 Å². The number of aryl methyl sites for hydroxylation is 3. The van der Waals surface area contributed by atoms with Crippen LogP contribution in [0.3, 0.4) is 0 Å². The molecule has 0 amide bonds. The van der Waals surface area contributed by atoms with Crippen LogP contribution in [0.1, 0.15) is 30.9 Å². The molecule has 0 aliphatic heterocycles. The standard InChI is InChI=1S/C14H22BrN5O2S/c1-6-19-8-12(15)13(17-19)9-18(5)23(21,22)14-10(3)16-20(7-2)11(14)4/h8H,6-7,9H2,1-5H3. The molecule has 2 rings (SSSR count). The number of halogens is 1. The molecule has 2 aromatic rings. The lowest BCUT2D eigenvalue weighted by Gasteiger charge is -2.16. The quantitative estimate of drug-likeness (QED) is 0.741. The van der Waals surface area contributed by atoms with Crippen molar-refractivity contribution >= 4 is 26.0 Å².